The van der Waals surface area contributed by atoms with Crippen molar-refractivity contribution in [1.82, 2.24) is 10.4 Å². The molecule has 0 fully saturated rings. The highest BCUT2D eigenvalue weighted by Crippen LogP contribution is 2.24. The Hall–Kier alpha value is -2.26. The molecule has 8 nitrogen and oxygen atoms in total. The van der Waals surface area contributed by atoms with E-state index in [1.807, 2.05) is 27.7 Å². The van der Waals surface area contributed by atoms with Crippen LogP contribution in [-0.4, -0.2) is 55.6 Å². The number of hydroxylamine groups is 2. The summed E-state index contributed by atoms with van der Waals surface area (Å²) < 4.78 is 23.3. The van der Waals surface area contributed by atoms with Crippen molar-refractivity contribution in [3.63, 3.8) is 0 Å². The fraction of sp³-hybridized carbons (Fsp3) is 0.571. The molecule has 9 heteroatoms. The van der Waals surface area contributed by atoms with Crippen molar-refractivity contribution in [2.75, 3.05) is 12.8 Å². The van der Waals surface area contributed by atoms with E-state index in [0.717, 1.165) is 19.1 Å². The molecule has 0 saturated heterocycles. The minimum atomic E-state index is -3.39. The van der Waals surface area contributed by atoms with Crippen LogP contribution in [0.3, 0.4) is 0 Å². The number of benzene rings is 1. The summed E-state index contributed by atoms with van der Waals surface area (Å²) in [5.41, 5.74) is -0.342. The number of carbonyl (C=O) groups excluding carboxylic acids is 3. The third-order valence-corrected chi connectivity index (χ3v) is 5.92. The predicted molar refractivity (Wildman–Crippen MR) is 113 cm³/mol. The molecule has 168 valence electrons. The van der Waals surface area contributed by atoms with Crippen molar-refractivity contribution in [2.24, 2.45) is 11.3 Å². The number of nitrogens with zero attached hydrogens (tertiary/aromatic N) is 1. The molecule has 2 amide bonds. The molecule has 0 radical (unpaired) electrons. The Bertz CT molecular complexity index is 843. The molecule has 2 N–H and O–H groups in total. The molecule has 0 aromatic heterocycles. The van der Waals surface area contributed by atoms with Crippen LogP contribution in [-0.2, 0) is 19.4 Å². The molecular formula is C21H32N2O6S. The minimum absolute atomic E-state index is 0.104. The number of carbonyl (C=O) groups is 3. The maximum atomic E-state index is 13.1. The summed E-state index contributed by atoms with van der Waals surface area (Å²) in [4.78, 5) is 36.9. The zero-order valence-corrected chi connectivity index (χ0v) is 19.0. The average molecular weight is 441 g/mol. The van der Waals surface area contributed by atoms with Crippen LogP contribution in [0.2, 0.25) is 0 Å². The highest BCUT2D eigenvalue weighted by Gasteiger charge is 2.35. The first-order valence-electron chi connectivity index (χ1n) is 9.86. The maximum Gasteiger partial charge on any atom is 0.233 e. The second kappa shape index (κ2) is 10.7. The predicted octanol–water partition coefficient (Wildman–Crippen LogP) is 2.46. The van der Waals surface area contributed by atoms with Gasteiger partial charge < -0.3 is 5.32 Å². The second-order valence-corrected chi connectivity index (χ2v) is 10.6. The molecule has 0 aliphatic heterocycles. The van der Waals surface area contributed by atoms with Crippen LogP contribution in [0.5, 0.6) is 0 Å². The lowest BCUT2D eigenvalue weighted by atomic mass is 9.81. The fourth-order valence-corrected chi connectivity index (χ4v) is 3.62. The zero-order chi connectivity index (χ0) is 23.1. The van der Waals surface area contributed by atoms with Gasteiger partial charge in [0, 0.05) is 11.8 Å². The monoisotopic (exact) mass is 440 g/mol. The summed E-state index contributed by atoms with van der Waals surface area (Å²) >= 11 is 0. The van der Waals surface area contributed by atoms with Gasteiger partial charge in [-0.15, -0.1) is 0 Å². The Morgan fingerprint density at radius 2 is 1.77 bits per heavy atom. The van der Waals surface area contributed by atoms with Gasteiger partial charge >= 0.3 is 0 Å². The van der Waals surface area contributed by atoms with Gasteiger partial charge in [0.2, 0.25) is 12.3 Å². The summed E-state index contributed by atoms with van der Waals surface area (Å²) in [6.45, 7) is 7.24. The maximum absolute atomic E-state index is 13.1. The number of ketones is 1. The van der Waals surface area contributed by atoms with Gasteiger partial charge in [0.15, 0.2) is 15.6 Å². The number of nitrogens with one attached hydrogen (secondary N) is 1. The number of hydrogen-bond donors (Lipinski definition) is 2. The smallest absolute Gasteiger partial charge is 0.233 e. The lowest BCUT2D eigenvalue weighted by molar-refractivity contribution is -0.154. The number of unbranched alkanes of at least 4 members (excludes halogenated alkanes) is 1. The third kappa shape index (κ3) is 7.53. The lowest BCUT2D eigenvalue weighted by Gasteiger charge is -2.32. The molecule has 0 aliphatic carbocycles. The highest BCUT2D eigenvalue weighted by molar-refractivity contribution is 7.90. The number of hydrogen-bond acceptors (Lipinski definition) is 6. The van der Waals surface area contributed by atoms with E-state index >= 15 is 0 Å². The molecule has 1 rings (SSSR count). The summed E-state index contributed by atoms with van der Waals surface area (Å²) in [5, 5.41) is 12.7. The zero-order valence-electron chi connectivity index (χ0n) is 18.2. The topological polar surface area (TPSA) is 121 Å². The third-order valence-electron chi connectivity index (χ3n) is 4.79. The van der Waals surface area contributed by atoms with Gasteiger partial charge in [-0.05, 0) is 24.0 Å². The van der Waals surface area contributed by atoms with Crippen LogP contribution in [0.1, 0.15) is 57.3 Å². The fourth-order valence-electron chi connectivity index (χ4n) is 2.99. The largest absolute Gasteiger partial charge is 0.345 e. The highest BCUT2D eigenvalue weighted by atomic mass is 32.2. The first kappa shape index (κ1) is 25.8. The number of Topliss-reactive ketones (excluding diaryl/α,β-unsaturated/α-hetero) is 1. The molecule has 0 saturated carbocycles. The van der Waals surface area contributed by atoms with E-state index in [2.05, 4.69) is 5.32 Å². The quantitative estimate of drug-likeness (QED) is 0.236. The molecule has 1 aromatic carbocycles. The van der Waals surface area contributed by atoms with Crippen LogP contribution < -0.4 is 5.32 Å². The molecule has 0 aliphatic rings. The van der Waals surface area contributed by atoms with Gasteiger partial charge in [-0.2, -0.15) is 0 Å². The van der Waals surface area contributed by atoms with Crippen molar-refractivity contribution >= 4 is 27.9 Å². The van der Waals surface area contributed by atoms with Gasteiger partial charge in [-0.3, -0.25) is 19.6 Å². The first-order chi connectivity index (χ1) is 13.8. The van der Waals surface area contributed by atoms with Crippen molar-refractivity contribution in [3.05, 3.63) is 29.8 Å². The summed E-state index contributed by atoms with van der Waals surface area (Å²) in [7, 11) is -3.39. The van der Waals surface area contributed by atoms with E-state index in [0.29, 0.717) is 11.5 Å². The van der Waals surface area contributed by atoms with Gasteiger partial charge in [0.25, 0.3) is 0 Å². The minimum Gasteiger partial charge on any atom is -0.345 e. The SMILES string of the molecule is CCCCC(CN(O)C=O)C(=O)N[C@H](C(=O)c1ccc(S(C)(=O)=O)cc1)C(C)(C)C. The lowest BCUT2D eigenvalue weighted by Crippen LogP contribution is -2.52. The van der Waals surface area contributed by atoms with E-state index in [1.165, 1.54) is 24.3 Å². The first-order valence-corrected chi connectivity index (χ1v) is 11.8. The molecule has 0 bridgehead atoms. The van der Waals surface area contributed by atoms with Crippen LogP contribution in [0.25, 0.3) is 0 Å². The molecule has 0 spiro atoms. The Balaban J connectivity index is 3.12. The van der Waals surface area contributed by atoms with Crippen LogP contribution in [0.4, 0.5) is 0 Å². The van der Waals surface area contributed by atoms with E-state index in [9.17, 15) is 28.0 Å². The van der Waals surface area contributed by atoms with Crippen LogP contribution in [0, 0.1) is 11.3 Å². The summed E-state index contributed by atoms with van der Waals surface area (Å²) in [6, 6.07) is 4.71. The molecule has 30 heavy (non-hydrogen) atoms. The van der Waals surface area contributed by atoms with Gasteiger partial charge in [0.05, 0.1) is 23.4 Å². The Kier molecular flexibility index (Phi) is 9.17. The number of rotatable bonds is 11. The van der Waals surface area contributed by atoms with E-state index in [4.69, 9.17) is 0 Å². The van der Waals surface area contributed by atoms with Crippen molar-refractivity contribution < 1.29 is 28.0 Å². The number of sulfone groups is 1. The molecule has 2 atom stereocenters. The van der Waals surface area contributed by atoms with Crippen molar-refractivity contribution in [2.45, 2.75) is 57.9 Å². The average Bonchev–Trinajstić information content (AvgIpc) is 2.66. The van der Waals surface area contributed by atoms with E-state index in [1.54, 1.807) is 0 Å². The molecular weight excluding hydrogens is 408 g/mol. The standard InChI is InChI=1S/C21H32N2O6S/c1-6-7-8-16(13-23(27)14-24)20(26)22-19(21(2,3)4)18(25)15-9-11-17(12-10-15)30(5,28)29/h9-12,14,16,19,27H,6-8,13H2,1-5H3,(H,22,26)/t16?,19-/m1/s1. The molecule has 0 heterocycles. The Morgan fingerprint density at radius 3 is 2.20 bits per heavy atom. The van der Waals surface area contributed by atoms with Gasteiger partial charge in [0.1, 0.15) is 0 Å². The van der Waals surface area contributed by atoms with Crippen molar-refractivity contribution in [3.8, 4) is 0 Å². The normalized spacial score (nSPS) is 13.9. The molecule has 1 aromatic rings. The Morgan fingerprint density at radius 1 is 1.20 bits per heavy atom. The van der Waals surface area contributed by atoms with Gasteiger partial charge in [-0.1, -0.05) is 52.7 Å². The van der Waals surface area contributed by atoms with E-state index in [-0.39, 0.29) is 29.2 Å². The number of amides is 2. The van der Waals surface area contributed by atoms with Crippen molar-refractivity contribution in [1.29, 1.82) is 0 Å². The van der Waals surface area contributed by atoms with Crippen LogP contribution in [0.15, 0.2) is 29.2 Å². The van der Waals surface area contributed by atoms with Crippen LogP contribution >= 0.6 is 0 Å². The van der Waals surface area contributed by atoms with Gasteiger partial charge in [-0.25, -0.2) is 13.5 Å². The Labute approximate surface area is 178 Å². The van der Waals surface area contributed by atoms with E-state index < -0.39 is 33.1 Å². The second-order valence-electron chi connectivity index (χ2n) is 8.54. The summed E-state index contributed by atoms with van der Waals surface area (Å²) in [5.74, 6) is -1.43. The summed E-state index contributed by atoms with van der Waals surface area (Å²) in [6.07, 6.45) is 3.35. The molecule has 1 unspecified atom stereocenters.